The van der Waals surface area contributed by atoms with E-state index in [4.69, 9.17) is 5.73 Å². The van der Waals surface area contributed by atoms with Crippen LogP contribution in [0.1, 0.15) is 22.3 Å². The van der Waals surface area contributed by atoms with Crippen LogP contribution in [0.25, 0.3) is 0 Å². The number of hydrogen-bond donors (Lipinski definition) is 2. The van der Waals surface area contributed by atoms with Gasteiger partial charge in [-0.25, -0.2) is 17.2 Å². The first-order chi connectivity index (χ1) is 15.9. The van der Waals surface area contributed by atoms with Crippen LogP contribution in [0.4, 0.5) is 23.2 Å². The Morgan fingerprint density at radius 3 is 2.44 bits per heavy atom. The highest BCUT2D eigenvalue weighted by atomic mass is 32.2. The second kappa shape index (κ2) is 8.55. The van der Waals surface area contributed by atoms with Gasteiger partial charge in [0.1, 0.15) is 5.75 Å². The first kappa shape index (κ1) is 24.0. The third-order valence-electron chi connectivity index (χ3n) is 5.45. The fourth-order valence-corrected chi connectivity index (χ4v) is 5.14. The lowest BCUT2D eigenvalue weighted by Gasteiger charge is -2.24. The molecule has 2 aliphatic rings. The van der Waals surface area contributed by atoms with Crippen molar-refractivity contribution >= 4 is 27.3 Å². The Morgan fingerprint density at radius 1 is 1.21 bits per heavy atom. The SMILES string of the molecule is N[C@H]1CS(=O)(=O)c2ccc(C(=O)N[C@@H]3CC3(F)F)cc2N(Cc2ccc(OC(F)F)cc2)C1=O. The Kier molecular flexibility index (Phi) is 6.02. The number of ether oxygens (including phenoxy) is 1. The van der Waals surface area contributed by atoms with Gasteiger partial charge in [-0.05, 0) is 35.9 Å². The highest BCUT2D eigenvalue weighted by Gasteiger charge is 2.57. The van der Waals surface area contributed by atoms with Crippen molar-refractivity contribution < 1.29 is 40.3 Å². The normalized spacial score (nSPS) is 22.6. The molecule has 4 rings (SSSR count). The first-order valence-corrected chi connectivity index (χ1v) is 11.7. The number of hydrogen-bond acceptors (Lipinski definition) is 6. The molecule has 0 unspecified atom stereocenters. The topological polar surface area (TPSA) is 119 Å². The zero-order valence-electron chi connectivity index (χ0n) is 17.4. The summed E-state index contributed by atoms with van der Waals surface area (Å²) >= 11 is 0. The van der Waals surface area contributed by atoms with Crippen molar-refractivity contribution in [1.29, 1.82) is 0 Å². The average Bonchev–Trinajstić information content (AvgIpc) is 3.37. The molecule has 1 heterocycles. The van der Waals surface area contributed by atoms with Gasteiger partial charge in [0.25, 0.3) is 11.8 Å². The maximum atomic E-state index is 13.2. The van der Waals surface area contributed by atoms with Crippen LogP contribution in [0.5, 0.6) is 5.75 Å². The average molecular weight is 501 g/mol. The zero-order valence-corrected chi connectivity index (χ0v) is 18.2. The van der Waals surface area contributed by atoms with Gasteiger partial charge in [0.05, 0.1) is 35.0 Å². The molecule has 8 nitrogen and oxygen atoms in total. The summed E-state index contributed by atoms with van der Waals surface area (Å²) in [4.78, 5) is 26.3. The first-order valence-electron chi connectivity index (χ1n) is 10.0. The number of alkyl halides is 4. The van der Waals surface area contributed by atoms with E-state index in [0.29, 0.717) is 5.56 Å². The summed E-state index contributed by atoms with van der Waals surface area (Å²) in [6.07, 6.45) is -0.497. The number of benzene rings is 2. The number of halogens is 4. The van der Waals surface area contributed by atoms with Crippen LogP contribution in [0.2, 0.25) is 0 Å². The molecule has 13 heteroatoms. The van der Waals surface area contributed by atoms with Gasteiger partial charge in [-0.2, -0.15) is 8.78 Å². The van der Waals surface area contributed by atoms with Crippen molar-refractivity contribution in [3.8, 4) is 5.75 Å². The number of amides is 2. The molecule has 2 amide bonds. The van der Waals surface area contributed by atoms with E-state index in [0.717, 1.165) is 17.0 Å². The monoisotopic (exact) mass is 501 g/mol. The minimum atomic E-state index is -4.02. The van der Waals surface area contributed by atoms with Crippen LogP contribution in [0, 0.1) is 0 Å². The molecule has 2 atom stereocenters. The van der Waals surface area contributed by atoms with Crippen LogP contribution in [0.3, 0.4) is 0 Å². The van der Waals surface area contributed by atoms with Crippen LogP contribution >= 0.6 is 0 Å². The molecule has 1 fully saturated rings. The molecular weight excluding hydrogens is 482 g/mol. The summed E-state index contributed by atoms with van der Waals surface area (Å²) < 4.78 is 81.0. The fraction of sp³-hybridized carbons (Fsp3) is 0.333. The van der Waals surface area contributed by atoms with Gasteiger partial charge in [-0.3, -0.25) is 9.59 Å². The molecule has 0 radical (unpaired) electrons. The highest BCUT2D eigenvalue weighted by molar-refractivity contribution is 7.91. The lowest BCUT2D eigenvalue weighted by Crippen LogP contribution is -2.45. The van der Waals surface area contributed by atoms with E-state index >= 15 is 0 Å². The van der Waals surface area contributed by atoms with Crippen LogP contribution in [-0.2, 0) is 21.2 Å². The van der Waals surface area contributed by atoms with Crippen molar-refractivity contribution in [1.82, 2.24) is 5.32 Å². The predicted molar refractivity (Wildman–Crippen MR) is 112 cm³/mol. The minimum absolute atomic E-state index is 0.114. The zero-order chi connectivity index (χ0) is 24.8. The number of sulfone groups is 1. The number of anilines is 1. The molecule has 0 saturated heterocycles. The lowest BCUT2D eigenvalue weighted by molar-refractivity contribution is -0.119. The molecule has 2 aromatic rings. The summed E-state index contributed by atoms with van der Waals surface area (Å²) in [5.41, 5.74) is 5.99. The number of nitrogens with two attached hydrogens (primary N) is 1. The molecule has 1 aliphatic carbocycles. The van der Waals surface area contributed by atoms with E-state index in [2.05, 4.69) is 10.1 Å². The Balaban J connectivity index is 1.69. The molecule has 1 aliphatic heterocycles. The maximum absolute atomic E-state index is 13.2. The van der Waals surface area contributed by atoms with Crippen LogP contribution in [0.15, 0.2) is 47.4 Å². The molecule has 0 aromatic heterocycles. The number of fused-ring (bicyclic) bond motifs is 1. The van der Waals surface area contributed by atoms with Crippen molar-refractivity contribution in [3.05, 3.63) is 53.6 Å². The van der Waals surface area contributed by atoms with E-state index in [1.54, 1.807) is 0 Å². The standard InChI is InChI=1S/C21H19F4N3O5S/c22-20(23)33-13-4-1-11(2-5-13)9-28-15-7-12(18(29)27-17-8-21(17,24)25)3-6-16(15)34(31,32)10-14(26)19(28)30/h1-7,14,17,20H,8-10,26H2,(H,27,29)/t14-,17+/m0/s1. The van der Waals surface area contributed by atoms with Crippen molar-refractivity contribution in [2.75, 3.05) is 10.7 Å². The Hall–Kier alpha value is -3.19. The molecule has 0 spiro atoms. The van der Waals surface area contributed by atoms with E-state index in [1.807, 2.05) is 0 Å². The number of rotatable bonds is 6. The van der Waals surface area contributed by atoms with Crippen molar-refractivity contribution in [3.63, 3.8) is 0 Å². The molecule has 2 aromatic carbocycles. The summed E-state index contributed by atoms with van der Waals surface area (Å²) in [6, 6.07) is 6.02. The molecule has 0 bridgehead atoms. The highest BCUT2D eigenvalue weighted by Crippen LogP contribution is 2.42. The third-order valence-corrected chi connectivity index (χ3v) is 7.26. The number of nitrogens with one attached hydrogen (secondary N) is 1. The van der Waals surface area contributed by atoms with Gasteiger partial charge in [0, 0.05) is 12.0 Å². The summed E-state index contributed by atoms with van der Waals surface area (Å²) in [5, 5.41) is 2.17. The number of carbonyl (C=O) groups is 2. The summed E-state index contributed by atoms with van der Waals surface area (Å²) in [7, 11) is -4.02. The quantitative estimate of drug-likeness (QED) is 0.585. The fourth-order valence-electron chi connectivity index (χ4n) is 3.58. The summed E-state index contributed by atoms with van der Waals surface area (Å²) in [5.74, 6) is -5.38. The molecule has 3 N–H and O–H groups in total. The Morgan fingerprint density at radius 2 is 1.85 bits per heavy atom. The van der Waals surface area contributed by atoms with Gasteiger partial charge in [0.15, 0.2) is 9.84 Å². The van der Waals surface area contributed by atoms with Gasteiger partial charge in [-0.15, -0.1) is 0 Å². The van der Waals surface area contributed by atoms with Crippen LogP contribution < -0.4 is 20.7 Å². The Bertz CT molecular complexity index is 1240. The number of nitrogens with zero attached hydrogens (tertiary/aromatic N) is 1. The van der Waals surface area contributed by atoms with Gasteiger partial charge in [0.2, 0.25) is 5.91 Å². The van der Waals surface area contributed by atoms with E-state index in [9.17, 15) is 35.6 Å². The van der Waals surface area contributed by atoms with Gasteiger partial charge < -0.3 is 20.7 Å². The van der Waals surface area contributed by atoms with Crippen molar-refractivity contribution in [2.24, 2.45) is 5.73 Å². The molecular formula is C21H19F4N3O5S. The molecule has 34 heavy (non-hydrogen) atoms. The van der Waals surface area contributed by atoms with E-state index < -0.39 is 58.4 Å². The number of carbonyl (C=O) groups excluding carboxylic acids is 2. The molecule has 1 saturated carbocycles. The predicted octanol–water partition coefficient (Wildman–Crippen LogP) is 2.07. The summed E-state index contributed by atoms with van der Waals surface area (Å²) in [6.45, 7) is -3.22. The van der Waals surface area contributed by atoms with E-state index in [1.165, 1.54) is 30.3 Å². The minimum Gasteiger partial charge on any atom is -0.435 e. The van der Waals surface area contributed by atoms with Gasteiger partial charge in [-0.1, -0.05) is 12.1 Å². The van der Waals surface area contributed by atoms with Crippen molar-refractivity contribution in [2.45, 2.75) is 42.5 Å². The lowest BCUT2D eigenvalue weighted by atomic mass is 10.1. The van der Waals surface area contributed by atoms with Gasteiger partial charge >= 0.3 is 6.61 Å². The van der Waals surface area contributed by atoms with E-state index in [-0.39, 0.29) is 28.4 Å². The Labute approximate surface area is 191 Å². The second-order valence-corrected chi connectivity index (χ2v) is 10.0. The second-order valence-electron chi connectivity index (χ2n) is 8.01. The largest absolute Gasteiger partial charge is 0.435 e. The molecule has 182 valence electrons. The third kappa shape index (κ3) is 4.85. The smallest absolute Gasteiger partial charge is 0.387 e. The maximum Gasteiger partial charge on any atom is 0.387 e. The van der Waals surface area contributed by atoms with Crippen LogP contribution in [-0.4, -0.2) is 50.6 Å².